The molecule has 3 aromatic rings. The Morgan fingerprint density at radius 1 is 0.667 bits per heavy atom. The summed E-state index contributed by atoms with van der Waals surface area (Å²) < 4.78 is 5.21. The first-order chi connectivity index (χ1) is 16.1. The number of amides is 2. The van der Waals surface area contributed by atoms with E-state index in [1.54, 1.807) is 24.3 Å². The predicted molar refractivity (Wildman–Crippen MR) is 129 cm³/mol. The molecule has 170 valence electrons. The highest BCUT2D eigenvalue weighted by Crippen LogP contribution is 2.16. The number of hydrogen-bond acceptors (Lipinski definition) is 4. The number of carbonyl (C=O) groups is 3. The Hall–Kier alpha value is -3.93. The van der Waals surface area contributed by atoms with Crippen molar-refractivity contribution in [2.75, 3.05) is 17.2 Å². The number of ether oxygens (including phenoxy) is 1. The lowest BCUT2D eigenvalue weighted by Gasteiger charge is -2.09. The molecule has 0 heterocycles. The number of hydrogen-bond donors (Lipinski definition) is 2. The van der Waals surface area contributed by atoms with Crippen molar-refractivity contribution in [1.29, 1.82) is 0 Å². The zero-order valence-electron chi connectivity index (χ0n) is 18.5. The lowest BCUT2D eigenvalue weighted by Crippen LogP contribution is -2.16. The van der Waals surface area contributed by atoms with Crippen molar-refractivity contribution >= 4 is 29.2 Å². The molecule has 0 radical (unpaired) electrons. The molecule has 0 atom stereocenters. The third-order valence-electron chi connectivity index (χ3n) is 4.91. The molecule has 0 saturated heterocycles. The Morgan fingerprint density at radius 3 is 1.94 bits per heavy atom. The molecule has 0 fully saturated rings. The van der Waals surface area contributed by atoms with Crippen LogP contribution in [0.5, 0.6) is 0 Å². The molecule has 0 aromatic heterocycles. The third kappa shape index (κ3) is 8.99. The molecule has 6 heteroatoms. The van der Waals surface area contributed by atoms with Crippen LogP contribution in [0, 0.1) is 0 Å². The standard InChI is InChI=1S/C27H28N2O4/c30-25(16-17-27(32)33-18-8-13-21-9-3-1-4-10-21)28-23-14-7-15-24(20-23)29-26(31)19-22-11-5-2-6-12-22/h1-7,9-12,14-15,20H,8,13,16-19H2,(H,28,30)(H,29,31). The topological polar surface area (TPSA) is 84.5 Å². The summed E-state index contributed by atoms with van der Waals surface area (Å²) in [6.07, 6.45) is 1.90. The Morgan fingerprint density at radius 2 is 1.27 bits per heavy atom. The number of nitrogens with one attached hydrogen (secondary N) is 2. The molecule has 0 unspecified atom stereocenters. The molecule has 0 spiro atoms. The van der Waals surface area contributed by atoms with E-state index in [2.05, 4.69) is 10.6 Å². The monoisotopic (exact) mass is 444 g/mol. The summed E-state index contributed by atoms with van der Waals surface area (Å²) in [5.74, 6) is -0.816. The summed E-state index contributed by atoms with van der Waals surface area (Å²) >= 11 is 0. The van der Waals surface area contributed by atoms with Crippen LogP contribution in [-0.2, 0) is 32.0 Å². The van der Waals surface area contributed by atoms with Gasteiger partial charge in [0.1, 0.15) is 0 Å². The minimum atomic E-state index is -0.389. The van der Waals surface area contributed by atoms with Crippen LogP contribution in [0.4, 0.5) is 11.4 Å². The van der Waals surface area contributed by atoms with Crippen molar-refractivity contribution in [2.45, 2.75) is 32.1 Å². The molecule has 0 aliphatic rings. The largest absolute Gasteiger partial charge is 0.466 e. The predicted octanol–water partition coefficient (Wildman–Crippen LogP) is 4.76. The minimum Gasteiger partial charge on any atom is -0.466 e. The lowest BCUT2D eigenvalue weighted by molar-refractivity contribution is -0.144. The van der Waals surface area contributed by atoms with Gasteiger partial charge in [0.2, 0.25) is 11.8 Å². The molecule has 0 saturated carbocycles. The second-order valence-electron chi connectivity index (χ2n) is 7.65. The Kier molecular flexibility index (Phi) is 9.21. The first kappa shape index (κ1) is 23.7. The van der Waals surface area contributed by atoms with Gasteiger partial charge in [0, 0.05) is 17.8 Å². The normalized spacial score (nSPS) is 10.3. The lowest BCUT2D eigenvalue weighted by atomic mass is 10.1. The van der Waals surface area contributed by atoms with Crippen LogP contribution in [0.1, 0.15) is 30.4 Å². The Balaban J connectivity index is 1.35. The zero-order chi connectivity index (χ0) is 23.3. The number of rotatable bonds is 11. The minimum absolute atomic E-state index is 0.0185. The molecule has 0 aliphatic carbocycles. The number of aryl methyl sites for hydroxylation is 1. The van der Waals surface area contributed by atoms with E-state index in [0.717, 1.165) is 18.4 Å². The van der Waals surface area contributed by atoms with Gasteiger partial charge in [-0.25, -0.2) is 0 Å². The van der Waals surface area contributed by atoms with E-state index in [0.29, 0.717) is 18.0 Å². The number of esters is 1. The highest BCUT2D eigenvalue weighted by atomic mass is 16.5. The van der Waals surface area contributed by atoms with Crippen molar-refractivity contribution < 1.29 is 19.1 Å². The zero-order valence-corrected chi connectivity index (χ0v) is 18.5. The van der Waals surface area contributed by atoms with Gasteiger partial charge in [-0.05, 0) is 42.2 Å². The first-order valence-electron chi connectivity index (χ1n) is 11.0. The Labute approximate surface area is 194 Å². The van der Waals surface area contributed by atoms with Crippen LogP contribution in [0.15, 0.2) is 84.9 Å². The SMILES string of the molecule is O=C(CCC(=O)OCCCc1ccccc1)Nc1cccc(NC(=O)Cc2ccccc2)c1. The number of anilines is 2. The summed E-state index contributed by atoms with van der Waals surface area (Å²) in [7, 11) is 0. The molecule has 3 rings (SSSR count). The van der Waals surface area contributed by atoms with E-state index in [1.807, 2.05) is 60.7 Å². The fraction of sp³-hybridized carbons (Fsp3) is 0.222. The van der Waals surface area contributed by atoms with E-state index in [-0.39, 0.29) is 37.0 Å². The van der Waals surface area contributed by atoms with Crippen LogP contribution < -0.4 is 10.6 Å². The van der Waals surface area contributed by atoms with E-state index < -0.39 is 0 Å². The maximum Gasteiger partial charge on any atom is 0.306 e. The molecular weight excluding hydrogens is 416 g/mol. The van der Waals surface area contributed by atoms with Gasteiger partial charge < -0.3 is 15.4 Å². The third-order valence-corrected chi connectivity index (χ3v) is 4.91. The van der Waals surface area contributed by atoms with Crippen LogP contribution in [0.2, 0.25) is 0 Å². The van der Waals surface area contributed by atoms with E-state index in [9.17, 15) is 14.4 Å². The van der Waals surface area contributed by atoms with Gasteiger partial charge in [-0.3, -0.25) is 14.4 Å². The fourth-order valence-corrected chi connectivity index (χ4v) is 3.28. The van der Waals surface area contributed by atoms with Crippen molar-refractivity contribution in [3.8, 4) is 0 Å². The molecule has 0 bridgehead atoms. The summed E-state index contributed by atoms with van der Waals surface area (Å²) in [6.45, 7) is 0.333. The molecule has 2 N–H and O–H groups in total. The Bertz CT molecular complexity index is 1050. The second-order valence-corrected chi connectivity index (χ2v) is 7.65. The van der Waals surface area contributed by atoms with Gasteiger partial charge in [-0.1, -0.05) is 66.7 Å². The maximum absolute atomic E-state index is 12.2. The number of benzene rings is 3. The van der Waals surface area contributed by atoms with Gasteiger partial charge >= 0.3 is 5.97 Å². The maximum atomic E-state index is 12.2. The first-order valence-corrected chi connectivity index (χ1v) is 11.0. The molecule has 2 amide bonds. The van der Waals surface area contributed by atoms with Crippen molar-refractivity contribution in [1.82, 2.24) is 0 Å². The van der Waals surface area contributed by atoms with E-state index >= 15 is 0 Å². The van der Waals surface area contributed by atoms with Crippen LogP contribution in [0.3, 0.4) is 0 Å². The highest BCUT2D eigenvalue weighted by molar-refractivity contribution is 5.95. The molecule has 33 heavy (non-hydrogen) atoms. The average Bonchev–Trinajstić information content (AvgIpc) is 2.82. The molecule has 6 nitrogen and oxygen atoms in total. The quantitative estimate of drug-likeness (QED) is 0.330. The van der Waals surface area contributed by atoms with Crippen LogP contribution >= 0.6 is 0 Å². The summed E-state index contributed by atoms with van der Waals surface area (Å²) in [4.78, 5) is 36.3. The summed E-state index contributed by atoms with van der Waals surface area (Å²) in [5, 5.41) is 5.58. The molecule has 0 aliphatic heterocycles. The fourth-order valence-electron chi connectivity index (χ4n) is 3.28. The average molecular weight is 445 g/mol. The van der Waals surface area contributed by atoms with Crippen LogP contribution in [-0.4, -0.2) is 24.4 Å². The number of carbonyl (C=O) groups excluding carboxylic acids is 3. The second kappa shape index (κ2) is 12.8. The van der Waals surface area contributed by atoms with Gasteiger partial charge in [0.25, 0.3) is 0 Å². The molecule has 3 aromatic carbocycles. The van der Waals surface area contributed by atoms with Gasteiger partial charge in [-0.2, -0.15) is 0 Å². The van der Waals surface area contributed by atoms with Gasteiger partial charge in [0.05, 0.1) is 19.4 Å². The van der Waals surface area contributed by atoms with Gasteiger partial charge in [-0.15, -0.1) is 0 Å². The van der Waals surface area contributed by atoms with Crippen molar-refractivity contribution in [3.05, 3.63) is 96.1 Å². The summed E-state index contributed by atoms with van der Waals surface area (Å²) in [5.41, 5.74) is 3.26. The smallest absolute Gasteiger partial charge is 0.306 e. The van der Waals surface area contributed by atoms with Crippen LogP contribution in [0.25, 0.3) is 0 Å². The van der Waals surface area contributed by atoms with Crippen molar-refractivity contribution in [2.24, 2.45) is 0 Å². The van der Waals surface area contributed by atoms with E-state index in [1.165, 1.54) is 5.56 Å². The molecular formula is C27H28N2O4. The highest BCUT2D eigenvalue weighted by Gasteiger charge is 2.10. The van der Waals surface area contributed by atoms with Crippen molar-refractivity contribution in [3.63, 3.8) is 0 Å². The van der Waals surface area contributed by atoms with E-state index in [4.69, 9.17) is 4.74 Å². The van der Waals surface area contributed by atoms with Gasteiger partial charge in [0.15, 0.2) is 0 Å². The summed E-state index contributed by atoms with van der Waals surface area (Å²) in [6, 6.07) is 26.4.